The van der Waals surface area contributed by atoms with Gasteiger partial charge in [0.2, 0.25) is 5.91 Å². The predicted molar refractivity (Wildman–Crippen MR) is 95.4 cm³/mol. The van der Waals surface area contributed by atoms with E-state index < -0.39 is 5.54 Å². The molecule has 3 fully saturated rings. The van der Waals surface area contributed by atoms with Gasteiger partial charge in [0.25, 0.3) is 0 Å². The average molecular weight is 362 g/mol. The summed E-state index contributed by atoms with van der Waals surface area (Å²) >= 11 is 0. The standard InChI is InChI=1S/C17H31N3O3.ClH/c18-17(6-10-22-11-7-17)15(21)19-14-16(4-2-1-3-5-16)20-8-12-23-13-9-20;/h1-14,18H2,(H,19,21);1H. The lowest BCUT2D eigenvalue weighted by atomic mass is 9.79. The Morgan fingerprint density at radius 3 is 2.17 bits per heavy atom. The van der Waals surface area contributed by atoms with Crippen LogP contribution in [0.4, 0.5) is 0 Å². The molecule has 2 aliphatic heterocycles. The van der Waals surface area contributed by atoms with Crippen molar-refractivity contribution < 1.29 is 14.3 Å². The first-order chi connectivity index (χ1) is 11.1. The lowest BCUT2D eigenvalue weighted by molar-refractivity contribution is -0.131. The molecule has 0 spiro atoms. The summed E-state index contributed by atoms with van der Waals surface area (Å²) in [6.45, 7) is 5.42. The summed E-state index contributed by atoms with van der Waals surface area (Å²) < 4.78 is 10.9. The summed E-state index contributed by atoms with van der Waals surface area (Å²) in [4.78, 5) is 15.2. The summed E-state index contributed by atoms with van der Waals surface area (Å²) in [7, 11) is 0. The highest BCUT2D eigenvalue weighted by Crippen LogP contribution is 2.34. The Labute approximate surface area is 151 Å². The van der Waals surface area contributed by atoms with Crippen LogP contribution in [-0.2, 0) is 14.3 Å². The molecule has 3 N–H and O–H groups in total. The summed E-state index contributed by atoms with van der Waals surface area (Å²) in [6, 6.07) is 0. The zero-order valence-electron chi connectivity index (χ0n) is 14.6. The van der Waals surface area contributed by atoms with E-state index in [1.54, 1.807) is 0 Å². The first-order valence-electron chi connectivity index (χ1n) is 9.12. The maximum absolute atomic E-state index is 12.7. The second-order valence-corrected chi connectivity index (χ2v) is 7.34. The van der Waals surface area contributed by atoms with Gasteiger partial charge in [-0.05, 0) is 25.7 Å². The van der Waals surface area contributed by atoms with E-state index in [-0.39, 0.29) is 23.9 Å². The normalized spacial score (nSPS) is 27.0. The Morgan fingerprint density at radius 2 is 1.54 bits per heavy atom. The molecule has 7 heteroatoms. The largest absolute Gasteiger partial charge is 0.381 e. The second-order valence-electron chi connectivity index (χ2n) is 7.34. The molecule has 0 bridgehead atoms. The molecular formula is C17H32ClN3O3. The van der Waals surface area contributed by atoms with Crippen LogP contribution in [0, 0.1) is 0 Å². The lowest BCUT2D eigenvalue weighted by Crippen LogP contribution is -2.63. The zero-order valence-corrected chi connectivity index (χ0v) is 15.4. The van der Waals surface area contributed by atoms with E-state index in [1.807, 2.05) is 0 Å². The van der Waals surface area contributed by atoms with Crippen LogP contribution in [-0.4, -0.2) is 67.9 Å². The lowest BCUT2D eigenvalue weighted by Gasteiger charge is -2.48. The van der Waals surface area contributed by atoms with Gasteiger partial charge in [0, 0.05) is 38.4 Å². The number of carbonyl (C=O) groups excluding carboxylic acids is 1. The molecule has 0 radical (unpaired) electrons. The highest BCUT2D eigenvalue weighted by Gasteiger charge is 2.41. The fraction of sp³-hybridized carbons (Fsp3) is 0.941. The summed E-state index contributed by atoms with van der Waals surface area (Å²) in [6.07, 6.45) is 7.34. The molecule has 2 heterocycles. The van der Waals surface area contributed by atoms with Gasteiger partial charge in [0.05, 0.1) is 18.8 Å². The Balaban J connectivity index is 0.00000208. The second kappa shape index (κ2) is 8.81. The van der Waals surface area contributed by atoms with E-state index in [9.17, 15) is 4.79 Å². The zero-order chi connectivity index (χ0) is 16.2. The molecule has 3 rings (SSSR count). The number of morpholine rings is 1. The number of rotatable bonds is 4. The Bertz CT molecular complexity index is 404. The van der Waals surface area contributed by atoms with Crippen molar-refractivity contribution in [1.29, 1.82) is 0 Å². The van der Waals surface area contributed by atoms with E-state index in [0.29, 0.717) is 32.6 Å². The van der Waals surface area contributed by atoms with Crippen molar-refractivity contribution in [1.82, 2.24) is 10.2 Å². The van der Waals surface area contributed by atoms with Crippen molar-refractivity contribution in [3.8, 4) is 0 Å². The predicted octanol–water partition coefficient (Wildman–Crippen LogP) is 1.07. The van der Waals surface area contributed by atoms with Gasteiger partial charge in [-0.1, -0.05) is 19.3 Å². The molecule has 1 aliphatic carbocycles. The SMILES string of the molecule is Cl.NC1(C(=O)NCC2(N3CCOCC3)CCCCC2)CCOCC1. The third-order valence-electron chi connectivity index (χ3n) is 5.88. The molecular weight excluding hydrogens is 330 g/mol. The highest BCUT2D eigenvalue weighted by molar-refractivity contribution is 5.86. The Kier molecular flexibility index (Phi) is 7.31. The van der Waals surface area contributed by atoms with Gasteiger partial charge in [0.1, 0.15) is 0 Å². The molecule has 1 amide bonds. The number of halogens is 1. The van der Waals surface area contributed by atoms with Crippen LogP contribution in [0.2, 0.25) is 0 Å². The van der Waals surface area contributed by atoms with Crippen LogP contribution in [0.25, 0.3) is 0 Å². The molecule has 0 aromatic carbocycles. The van der Waals surface area contributed by atoms with E-state index >= 15 is 0 Å². The summed E-state index contributed by atoms with van der Waals surface area (Å²) in [5.41, 5.74) is 5.66. The van der Waals surface area contributed by atoms with Crippen LogP contribution in [0.5, 0.6) is 0 Å². The minimum Gasteiger partial charge on any atom is -0.381 e. The average Bonchev–Trinajstić information content (AvgIpc) is 2.62. The van der Waals surface area contributed by atoms with Gasteiger partial charge in [-0.3, -0.25) is 9.69 Å². The monoisotopic (exact) mass is 361 g/mol. The van der Waals surface area contributed by atoms with E-state index in [1.165, 1.54) is 19.3 Å². The van der Waals surface area contributed by atoms with Crippen LogP contribution >= 0.6 is 12.4 Å². The Hall–Kier alpha value is -0.400. The molecule has 0 unspecified atom stereocenters. The number of hydrogen-bond acceptors (Lipinski definition) is 5. The number of hydrogen-bond donors (Lipinski definition) is 2. The smallest absolute Gasteiger partial charge is 0.240 e. The van der Waals surface area contributed by atoms with Crippen LogP contribution in [0.15, 0.2) is 0 Å². The highest BCUT2D eigenvalue weighted by atomic mass is 35.5. The molecule has 1 saturated carbocycles. The van der Waals surface area contributed by atoms with Crippen LogP contribution in [0.1, 0.15) is 44.9 Å². The van der Waals surface area contributed by atoms with E-state index in [0.717, 1.165) is 39.1 Å². The van der Waals surface area contributed by atoms with Crippen LogP contribution < -0.4 is 11.1 Å². The number of nitrogens with zero attached hydrogens (tertiary/aromatic N) is 1. The molecule has 0 aromatic heterocycles. The number of nitrogens with one attached hydrogen (secondary N) is 1. The minimum absolute atomic E-state index is 0. The molecule has 3 aliphatic rings. The van der Waals surface area contributed by atoms with Gasteiger partial charge >= 0.3 is 0 Å². The van der Waals surface area contributed by atoms with E-state index in [2.05, 4.69) is 10.2 Å². The third kappa shape index (κ3) is 4.41. The van der Waals surface area contributed by atoms with Crippen molar-refractivity contribution >= 4 is 18.3 Å². The maximum atomic E-state index is 12.7. The quantitative estimate of drug-likeness (QED) is 0.783. The molecule has 0 atom stereocenters. The molecule has 140 valence electrons. The van der Waals surface area contributed by atoms with Gasteiger partial charge in [-0.15, -0.1) is 12.4 Å². The fourth-order valence-electron chi connectivity index (χ4n) is 4.24. The van der Waals surface area contributed by atoms with Gasteiger partial charge in [0.15, 0.2) is 0 Å². The van der Waals surface area contributed by atoms with Crippen molar-refractivity contribution in [3.63, 3.8) is 0 Å². The number of amides is 1. The van der Waals surface area contributed by atoms with Gasteiger partial charge < -0.3 is 20.5 Å². The minimum atomic E-state index is -0.751. The van der Waals surface area contributed by atoms with E-state index in [4.69, 9.17) is 15.2 Å². The number of ether oxygens (including phenoxy) is 2. The molecule has 2 saturated heterocycles. The van der Waals surface area contributed by atoms with Gasteiger partial charge in [-0.25, -0.2) is 0 Å². The summed E-state index contributed by atoms with van der Waals surface area (Å²) in [5.74, 6) is -0.000919. The fourth-order valence-corrected chi connectivity index (χ4v) is 4.24. The first kappa shape index (κ1) is 19.9. The molecule has 6 nitrogen and oxygen atoms in total. The molecule has 24 heavy (non-hydrogen) atoms. The topological polar surface area (TPSA) is 76.8 Å². The molecule has 0 aromatic rings. The van der Waals surface area contributed by atoms with Gasteiger partial charge in [-0.2, -0.15) is 0 Å². The summed E-state index contributed by atoms with van der Waals surface area (Å²) in [5, 5.41) is 3.20. The van der Waals surface area contributed by atoms with Crippen molar-refractivity contribution in [2.24, 2.45) is 5.73 Å². The van der Waals surface area contributed by atoms with Crippen LogP contribution in [0.3, 0.4) is 0 Å². The first-order valence-corrected chi connectivity index (χ1v) is 9.12. The van der Waals surface area contributed by atoms with Crippen molar-refractivity contribution in [3.05, 3.63) is 0 Å². The maximum Gasteiger partial charge on any atom is 0.240 e. The Morgan fingerprint density at radius 1 is 0.958 bits per heavy atom. The number of carbonyl (C=O) groups is 1. The van der Waals surface area contributed by atoms with Crippen molar-refractivity contribution in [2.75, 3.05) is 46.1 Å². The van der Waals surface area contributed by atoms with Crippen molar-refractivity contribution in [2.45, 2.75) is 56.0 Å². The third-order valence-corrected chi connectivity index (χ3v) is 5.88. The number of nitrogens with two attached hydrogens (primary N) is 1.